The van der Waals surface area contributed by atoms with Gasteiger partial charge in [-0.3, -0.25) is 0 Å². The van der Waals surface area contributed by atoms with Crippen molar-refractivity contribution in [1.82, 2.24) is 0 Å². The van der Waals surface area contributed by atoms with Crippen molar-refractivity contribution in [2.75, 3.05) is 0 Å². The van der Waals surface area contributed by atoms with Crippen LogP contribution in [0.1, 0.15) is 53.4 Å². The Kier molecular flexibility index (Phi) is 3.61. The van der Waals surface area contributed by atoms with Crippen LogP contribution in [0.15, 0.2) is 0 Å². The van der Waals surface area contributed by atoms with E-state index in [0.29, 0.717) is 0 Å². The van der Waals surface area contributed by atoms with Crippen molar-refractivity contribution in [1.29, 1.82) is 0 Å². The van der Waals surface area contributed by atoms with Gasteiger partial charge in [0.15, 0.2) is 0 Å². The molecule has 0 aromatic heterocycles. The van der Waals surface area contributed by atoms with Gasteiger partial charge in [0.2, 0.25) is 0 Å². The topological polar surface area (TPSA) is 0 Å². The van der Waals surface area contributed by atoms with E-state index in [4.69, 9.17) is 0 Å². The monoisotopic (exact) mass is 168 g/mol. The first-order chi connectivity index (χ1) is 5.65. The highest BCUT2D eigenvalue weighted by Gasteiger charge is 2.25. The van der Waals surface area contributed by atoms with Crippen LogP contribution < -0.4 is 0 Å². The molecule has 0 heteroatoms. The van der Waals surface area contributed by atoms with Gasteiger partial charge in [0.1, 0.15) is 0 Å². The fourth-order valence-corrected chi connectivity index (χ4v) is 2.55. The molecule has 12 heavy (non-hydrogen) atoms. The van der Waals surface area contributed by atoms with Crippen molar-refractivity contribution in [3.63, 3.8) is 0 Å². The summed E-state index contributed by atoms with van der Waals surface area (Å²) in [4.78, 5) is 0. The third-order valence-corrected chi connectivity index (χ3v) is 4.11. The van der Waals surface area contributed by atoms with Crippen LogP contribution in [0.3, 0.4) is 0 Å². The van der Waals surface area contributed by atoms with Crippen molar-refractivity contribution in [3.8, 4) is 0 Å². The lowest BCUT2D eigenvalue weighted by Crippen LogP contribution is -2.14. The van der Waals surface area contributed by atoms with Crippen LogP contribution in [0.2, 0.25) is 0 Å². The molecule has 0 aliphatic heterocycles. The molecule has 4 atom stereocenters. The summed E-state index contributed by atoms with van der Waals surface area (Å²) in [6, 6.07) is 0. The second kappa shape index (κ2) is 4.30. The lowest BCUT2D eigenvalue weighted by Gasteiger charge is -2.22. The van der Waals surface area contributed by atoms with Crippen LogP contribution >= 0.6 is 0 Å². The zero-order valence-corrected chi connectivity index (χ0v) is 9.14. The van der Waals surface area contributed by atoms with Crippen molar-refractivity contribution in [3.05, 3.63) is 0 Å². The standard InChI is InChI=1S/C12H24/c1-5-12-7-6-9(2)11(4)10(3)8-12/h9-12H,5-8H2,1-4H3. The summed E-state index contributed by atoms with van der Waals surface area (Å²) in [6.45, 7) is 9.65. The molecular weight excluding hydrogens is 144 g/mol. The summed E-state index contributed by atoms with van der Waals surface area (Å²) in [5.74, 6) is 3.87. The summed E-state index contributed by atoms with van der Waals surface area (Å²) in [5, 5.41) is 0. The Labute approximate surface area is 77.7 Å². The molecular formula is C12H24. The van der Waals surface area contributed by atoms with E-state index in [-0.39, 0.29) is 0 Å². The fourth-order valence-electron chi connectivity index (χ4n) is 2.55. The maximum Gasteiger partial charge on any atom is -0.0391 e. The van der Waals surface area contributed by atoms with E-state index < -0.39 is 0 Å². The predicted octanol–water partition coefficient (Wildman–Crippen LogP) is 4.10. The normalized spacial score (nSPS) is 44.0. The number of hydrogen-bond donors (Lipinski definition) is 0. The summed E-state index contributed by atoms with van der Waals surface area (Å²) in [5.41, 5.74) is 0. The Morgan fingerprint density at radius 1 is 1.00 bits per heavy atom. The summed E-state index contributed by atoms with van der Waals surface area (Å²) < 4.78 is 0. The Morgan fingerprint density at radius 2 is 1.67 bits per heavy atom. The first-order valence-electron chi connectivity index (χ1n) is 5.65. The molecule has 0 radical (unpaired) electrons. The Balaban J connectivity index is 2.53. The first-order valence-corrected chi connectivity index (χ1v) is 5.65. The zero-order chi connectivity index (χ0) is 9.14. The van der Waals surface area contributed by atoms with Crippen LogP contribution in [0.25, 0.3) is 0 Å². The Bertz CT molecular complexity index is 128. The molecule has 1 aliphatic carbocycles. The van der Waals surface area contributed by atoms with Crippen molar-refractivity contribution in [2.24, 2.45) is 23.7 Å². The maximum atomic E-state index is 2.44. The van der Waals surface area contributed by atoms with Gasteiger partial charge in [-0.1, -0.05) is 47.0 Å². The van der Waals surface area contributed by atoms with Crippen molar-refractivity contribution < 1.29 is 0 Å². The number of hydrogen-bond acceptors (Lipinski definition) is 0. The van der Waals surface area contributed by atoms with Crippen molar-refractivity contribution in [2.45, 2.75) is 53.4 Å². The summed E-state index contributed by atoms with van der Waals surface area (Å²) >= 11 is 0. The highest BCUT2D eigenvalue weighted by atomic mass is 14.3. The number of rotatable bonds is 1. The van der Waals surface area contributed by atoms with E-state index >= 15 is 0 Å². The van der Waals surface area contributed by atoms with E-state index in [0.717, 1.165) is 23.7 Å². The molecule has 0 amide bonds. The molecule has 1 saturated carbocycles. The van der Waals surface area contributed by atoms with E-state index in [1.54, 1.807) is 0 Å². The predicted molar refractivity (Wildman–Crippen MR) is 55.1 cm³/mol. The van der Waals surface area contributed by atoms with Crippen LogP contribution in [-0.2, 0) is 0 Å². The average Bonchev–Trinajstić information content (AvgIpc) is 2.19. The molecule has 0 aromatic carbocycles. The molecule has 0 nitrogen and oxygen atoms in total. The lowest BCUT2D eigenvalue weighted by molar-refractivity contribution is 0.274. The minimum Gasteiger partial charge on any atom is -0.0651 e. The molecule has 0 saturated heterocycles. The third kappa shape index (κ3) is 2.24. The smallest absolute Gasteiger partial charge is 0.0391 e. The van der Waals surface area contributed by atoms with Gasteiger partial charge < -0.3 is 0 Å². The van der Waals surface area contributed by atoms with Gasteiger partial charge in [0, 0.05) is 0 Å². The van der Waals surface area contributed by atoms with Gasteiger partial charge in [-0.2, -0.15) is 0 Å². The van der Waals surface area contributed by atoms with E-state index in [1.165, 1.54) is 25.7 Å². The molecule has 0 heterocycles. The highest BCUT2D eigenvalue weighted by Crippen LogP contribution is 2.36. The van der Waals surface area contributed by atoms with Gasteiger partial charge in [0.05, 0.1) is 0 Å². The minimum atomic E-state index is 0.946. The Morgan fingerprint density at radius 3 is 2.25 bits per heavy atom. The summed E-state index contributed by atoms with van der Waals surface area (Å²) in [7, 11) is 0. The van der Waals surface area contributed by atoms with E-state index in [1.807, 2.05) is 0 Å². The molecule has 4 unspecified atom stereocenters. The van der Waals surface area contributed by atoms with E-state index in [2.05, 4.69) is 27.7 Å². The molecule has 0 bridgehead atoms. The molecule has 72 valence electrons. The molecule has 0 spiro atoms. The second-order valence-corrected chi connectivity index (χ2v) is 4.90. The van der Waals surface area contributed by atoms with Gasteiger partial charge in [-0.15, -0.1) is 0 Å². The van der Waals surface area contributed by atoms with Gasteiger partial charge in [0.25, 0.3) is 0 Å². The SMILES string of the molecule is CCC1CCC(C)C(C)C(C)C1. The van der Waals surface area contributed by atoms with Crippen LogP contribution in [-0.4, -0.2) is 0 Å². The maximum absolute atomic E-state index is 2.44. The van der Waals surface area contributed by atoms with E-state index in [9.17, 15) is 0 Å². The quantitative estimate of drug-likeness (QED) is 0.517. The summed E-state index contributed by atoms with van der Waals surface area (Å²) in [6.07, 6.45) is 5.81. The van der Waals surface area contributed by atoms with Crippen LogP contribution in [0.4, 0.5) is 0 Å². The van der Waals surface area contributed by atoms with Gasteiger partial charge in [-0.05, 0) is 30.1 Å². The zero-order valence-electron chi connectivity index (χ0n) is 9.14. The highest BCUT2D eigenvalue weighted by molar-refractivity contribution is 4.76. The molecule has 0 aromatic rings. The molecule has 1 rings (SSSR count). The van der Waals surface area contributed by atoms with Crippen LogP contribution in [0, 0.1) is 23.7 Å². The third-order valence-electron chi connectivity index (χ3n) is 4.11. The van der Waals surface area contributed by atoms with Gasteiger partial charge in [-0.25, -0.2) is 0 Å². The molecule has 1 aliphatic rings. The minimum absolute atomic E-state index is 0.946. The Hall–Kier alpha value is 0. The lowest BCUT2D eigenvalue weighted by atomic mass is 9.83. The largest absolute Gasteiger partial charge is 0.0651 e. The molecule has 0 N–H and O–H groups in total. The second-order valence-electron chi connectivity index (χ2n) is 4.90. The molecule has 1 fully saturated rings. The van der Waals surface area contributed by atoms with Gasteiger partial charge >= 0.3 is 0 Å². The average molecular weight is 168 g/mol. The van der Waals surface area contributed by atoms with Crippen LogP contribution in [0.5, 0.6) is 0 Å². The first kappa shape index (κ1) is 10.1. The fraction of sp³-hybridized carbons (Fsp3) is 1.00. The van der Waals surface area contributed by atoms with Crippen molar-refractivity contribution >= 4 is 0 Å².